The molecule has 0 saturated carbocycles. The standard InChI is InChI=1S/C14H12ClN3O2/c1-9(19)17-11-2-4-12(5-3-11)18-14(20)13-8-10(15)6-7-16-13/h2-8H,1H3,(H,17,19)(H,18,20). The number of aromatic nitrogens is 1. The Labute approximate surface area is 121 Å². The highest BCUT2D eigenvalue weighted by molar-refractivity contribution is 6.30. The number of rotatable bonds is 3. The zero-order valence-corrected chi connectivity index (χ0v) is 11.4. The van der Waals surface area contributed by atoms with E-state index in [9.17, 15) is 9.59 Å². The van der Waals surface area contributed by atoms with Crippen molar-refractivity contribution < 1.29 is 9.59 Å². The number of benzene rings is 1. The summed E-state index contributed by atoms with van der Waals surface area (Å²) in [4.78, 5) is 26.8. The van der Waals surface area contributed by atoms with Gasteiger partial charge in [0.2, 0.25) is 5.91 Å². The molecule has 0 bridgehead atoms. The fourth-order valence-corrected chi connectivity index (χ4v) is 1.72. The van der Waals surface area contributed by atoms with Crippen molar-refractivity contribution in [3.05, 3.63) is 53.3 Å². The summed E-state index contributed by atoms with van der Waals surface area (Å²) in [5, 5.41) is 5.79. The van der Waals surface area contributed by atoms with Crippen LogP contribution < -0.4 is 10.6 Å². The number of amides is 2. The molecule has 0 aliphatic rings. The molecule has 5 nitrogen and oxygen atoms in total. The Hall–Kier alpha value is -2.40. The quantitative estimate of drug-likeness (QED) is 0.912. The molecule has 0 unspecified atom stereocenters. The molecule has 6 heteroatoms. The van der Waals surface area contributed by atoms with Crippen LogP contribution >= 0.6 is 11.6 Å². The second kappa shape index (κ2) is 6.16. The van der Waals surface area contributed by atoms with Crippen LogP contribution in [0.1, 0.15) is 17.4 Å². The zero-order valence-electron chi connectivity index (χ0n) is 10.7. The Morgan fingerprint density at radius 3 is 2.20 bits per heavy atom. The summed E-state index contributed by atoms with van der Waals surface area (Å²) in [6, 6.07) is 9.86. The average molecular weight is 290 g/mol. The van der Waals surface area contributed by atoms with Gasteiger partial charge in [-0.05, 0) is 36.4 Å². The van der Waals surface area contributed by atoms with Crippen molar-refractivity contribution in [3.8, 4) is 0 Å². The molecule has 2 amide bonds. The van der Waals surface area contributed by atoms with E-state index in [1.165, 1.54) is 19.2 Å². The van der Waals surface area contributed by atoms with E-state index >= 15 is 0 Å². The lowest BCUT2D eigenvalue weighted by Gasteiger charge is -2.06. The van der Waals surface area contributed by atoms with Gasteiger partial charge in [0.25, 0.3) is 5.91 Å². The van der Waals surface area contributed by atoms with Gasteiger partial charge >= 0.3 is 0 Å². The van der Waals surface area contributed by atoms with E-state index < -0.39 is 0 Å². The van der Waals surface area contributed by atoms with Gasteiger partial charge in [-0.25, -0.2) is 0 Å². The highest BCUT2D eigenvalue weighted by Crippen LogP contribution is 2.15. The van der Waals surface area contributed by atoms with Gasteiger partial charge in [-0.3, -0.25) is 14.6 Å². The fraction of sp³-hybridized carbons (Fsp3) is 0.0714. The monoisotopic (exact) mass is 289 g/mol. The van der Waals surface area contributed by atoms with Gasteiger partial charge in [0.15, 0.2) is 0 Å². The molecule has 0 aliphatic carbocycles. The van der Waals surface area contributed by atoms with Gasteiger partial charge in [0.1, 0.15) is 5.69 Å². The average Bonchev–Trinajstić information content (AvgIpc) is 2.40. The van der Waals surface area contributed by atoms with Crippen LogP contribution in [0.3, 0.4) is 0 Å². The van der Waals surface area contributed by atoms with E-state index in [1.807, 2.05) is 0 Å². The van der Waals surface area contributed by atoms with Crippen molar-refractivity contribution >= 4 is 34.8 Å². The molecule has 0 aliphatic heterocycles. The van der Waals surface area contributed by atoms with Crippen LogP contribution in [0.5, 0.6) is 0 Å². The molecule has 2 N–H and O–H groups in total. The summed E-state index contributed by atoms with van der Waals surface area (Å²) < 4.78 is 0. The second-order valence-corrected chi connectivity index (χ2v) is 4.51. The van der Waals surface area contributed by atoms with Crippen molar-refractivity contribution in [1.29, 1.82) is 0 Å². The molecule has 1 aromatic carbocycles. The summed E-state index contributed by atoms with van der Waals surface area (Å²) in [7, 11) is 0. The molecule has 102 valence electrons. The molecule has 1 aromatic heterocycles. The molecule has 0 atom stereocenters. The molecular weight excluding hydrogens is 278 g/mol. The van der Waals surface area contributed by atoms with Crippen LogP contribution in [0.25, 0.3) is 0 Å². The number of carbonyl (C=O) groups excluding carboxylic acids is 2. The third-order valence-corrected chi connectivity index (χ3v) is 2.65. The van der Waals surface area contributed by atoms with Crippen LogP contribution in [-0.2, 0) is 4.79 Å². The summed E-state index contributed by atoms with van der Waals surface area (Å²) >= 11 is 5.80. The van der Waals surface area contributed by atoms with Crippen molar-refractivity contribution in [2.24, 2.45) is 0 Å². The highest BCUT2D eigenvalue weighted by Gasteiger charge is 2.08. The van der Waals surface area contributed by atoms with Gasteiger partial charge in [0.05, 0.1) is 0 Å². The highest BCUT2D eigenvalue weighted by atomic mass is 35.5. The number of hydrogen-bond donors (Lipinski definition) is 2. The molecular formula is C14H12ClN3O2. The maximum Gasteiger partial charge on any atom is 0.274 e. The predicted molar refractivity (Wildman–Crippen MR) is 77.9 cm³/mol. The lowest BCUT2D eigenvalue weighted by Crippen LogP contribution is -2.13. The van der Waals surface area contributed by atoms with Crippen molar-refractivity contribution in [3.63, 3.8) is 0 Å². The first-order chi connectivity index (χ1) is 9.54. The Morgan fingerprint density at radius 1 is 1.05 bits per heavy atom. The molecule has 0 radical (unpaired) electrons. The molecule has 1 heterocycles. The van der Waals surface area contributed by atoms with E-state index in [4.69, 9.17) is 11.6 Å². The van der Waals surface area contributed by atoms with Crippen molar-refractivity contribution in [2.45, 2.75) is 6.92 Å². The van der Waals surface area contributed by atoms with Crippen LogP contribution in [0, 0.1) is 0 Å². The van der Waals surface area contributed by atoms with E-state index in [0.717, 1.165) is 0 Å². The van der Waals surface area contributed by atoms with Crippen LogP contribution in [0.4, 0.5) is 11.4 Å². The molecule has 0 fully saturated rings. The first-order valence-corrected chi connectivity index (χ1v) is 6.23. The number of nitrogens with zero attached hydrogens (tertiary/aromatic N) is 1. The van der Waals surface area contributed by atoms with Crippen molar-refractivity contribution in [1.82, 2.24) is 4.98 Å². The Kier molecular flexibility index (Phi) is 4.32. The normalized spacial score (nSPS) is 9.90. The number of anilines is 2. The Balaban J connectivity index is 2.06. The summed E-state index contributed by atoms with van der Waals surface area (Å²) in [5.74, 6) is -0.496. The summed E-state index contributed by atoms with van der Waals surface area (Å²) in [6.07, 6.45) is 1.47. The molecule has 2 aromatic rings. The fourth-order valence-electron chi connectivity index (χ4n) is 1.56. The predicted octanol–water partition coefficient (Wildman–Crippen LogP) is 2.95. The van der Waals surface area contributed by atoms with Crippen LogP contribution in [-0.4, -0.2) is 16.8 Å². The Bertz CT molecular complexity index is 641. The van der Waals surface area contributed by atoms with Gasteiger partial charge in [-0.2, -0.15) is 0 Å². The van der Waals surface area contributed by atoms with Crippen molar-refractivity contribution in [2.75, 3.05) is 10.6 Å². The molecule has 20 heavy (non-hydrogen) atoms. The number of hydrogen-bond acceptors (Lipinski definition) is 3. The maximum atomic E-state index is 11.9. The molecule has 0 saturated heterocycles. The van der Waals surface area contributed by atoms with E-state index in [2.05, 4.69) is 15.6 Å². The minimum absolute atomic E-state index is 0.148. The molecule has 2 rings (SSSR count). The van der Waals surface area contributed by atoms with Gasteiger partial charge in [0, 0.05) is 29.5 Å². The molecule has 0 spiro atoms. The SMILES string of the molecule is CC(=O)Nc1ccc(NC(=O)c2cc(Cl)ccn2)cc1. The number of pyridine rings is 1. The van der Waals surface area contributed by atoms with Gasteiger partial charge < -0.3 is 10.6 Å². The first-order valence-electron chi connectivity index (χ1n) is 5.85. The second-order valence-electron chi connectivity index (χ2n) is 4.07. The largest absolute Gasteiger partial charge is 0.326 e. The van der Waals surface area contributed by atoms with Gasteiger partial charge in [-0.1, -0.05) is 11.6 Å². The minimum atomic E-state index is -0.347. The third-order valence-electron chi connectivity index (χ3n) is 2.42. The summed E-state index contributed by atoms with van der Waals surface area (Å²) in [5.41, 5.74) is 1.51. The number of halogens is 1. The van der Waals surface area contributed by atoms with E-state index in [-0.39, 0.29) is 17.5 Å². The van der Waals surface area contributed by atoms with Gasteiger partial charge in [-0.15, -0.1) is 0 Å². The lowest BCUT2D eigenvalue weighted by molar-refractivity contribution is -0.114. The summed E-state index contributed by atoms with van der Waals surface area (Å²) in [6.45, 7) is 1.43. The number of carbonyl (C=O) groups is 2. The van der Waals surface area contributed by atoms with E-state index in [1.54, 1.807) is 30.3 Å². The minimum Gasteiger partial charge on any atom is -0.326 e. The lowest BCUT2D eigenvalue weighted by atomic mass is 10.2. The van der Waals surface area contributed by atoms with Crippen LogP contribution in [0.2, 0.25) is 5.02 Å². The maximum absolute atomic E-state index is 11.9. The Morgan fingerprint density at radius 2 is 1.65 bits per heavy atom. The smallest absolute Gasteiger partial charge is 0.274 e. The topological polar surface area (TPSA) is 71.1 Å². The first kappa shape index (κ1) is 14.0. The number of nitrogens with one attached hydrogen (secondary N) is 2. The van der Waals surface area contributed by atoms with Crippen LogP contribution in [0.15, 0.2) is 42.6 Å². The van der Waals surface area contributed by atoms with E-state index in [0.29, 0.717) is 16.4 Å². The third kappa shape index (κ3) is 3.80. The zero-order chi connectivity index (χ0) is 14.5.